The molecule has 0 aliphatic rings. The van der Waals surface area contributed by atoms with E-state index in [4.69, 9.17) is 0 Å². The molecule has 1 heterocycles. The Bertz CT molecular complexity index is 544. The van der Waals surface area contributed by atoms with Crippen molar-refractivity contribution in [3.05, 3.63) is 18.2 Å². The van der Waals surface area contributed by atoms with Crippen LogP contribution in [-0.2, 0) is 11.0 Å². The minimum atomic E-state index is -2.88. The van der Waals surface area contributed by atoms with E-state index in [1.165, 1.54) is 6.07 Å². The zero-order chi connectivity index (χ0) is 10.1. The number of aromatic amines is 1. The van der Waals surface area contributed by atoms with Crippen LogP contribution in [0.5, 0.6) is 5.75 Å². The van der Waals surface area contributed by atoms with E-state index in [0.717, 1.165) is 5.52 Å². The molecular formula is C7H7N2NaO3S2. The van der Waals surface area contributed by atoms with Gasteiger partial charge in [-0.3, -0.25) is 0 Å². The Morgan fingerprint density at radius 3 is 2.80 bits per heavy atom. The fourth-order valence-electron chi connectivity index (χ4n) is 1.12. The Kier molecular flexibility index (Phi) is 4.47. The minimum absolute atomic E-state index is 0. The predicted molar refractivity (Wildman–Crippen MR) is 61.4 cm³/mol. The van der Waals surface area contributed by atoms with Crippen LogP contribution in [0.15, 0.2) is 23.4 Å². The molecule has 0 radical (unpaired) electrons. The van der Waals surface area contributed by atoms with Crippen LogP contribution >= 0.6 is 12.6 Å². The number of aromatic nitrogens is 2. The van der Waals surface area contributed by atoms with Crippen LogP contribution < -0.4 is 4.18 Å². The molecule has 0 unspecified atom stereocenters. The van der Waals surface area contributed by atoms with Crippen molar-refractivity contribution in [3.63, 3.8) is 0 Å². The van der Waals surface area contributed by atoms with Crippen LogP contribution in [0.4, 0.5) is 0 Å². The monoisotopic (exact) mass is 254 g/mol. The molecule has 0 aliphatic heterocycles. The van der Waals surface area contributed by atoms with Crippen molar-refractivity contribution in [3.8, 4) is 5.75 Å². The molecule has 15 heavy (non-hydrogen) atoms. The van der Waals surface area contributed by atoms with Gasteiger partial charge in [-0.25, -0.2) is 4.98 Å². The van der Waals surface area contributed by atoms with Gasteiger partial charge in [0.05, 0.1) is 11.0 Å². The normalized spacial score (nSPS) is 10.3. The van der Waals surface area contributed by atoms with E-state index in [-0.39, 0.29) is 35.3 Å². The fraction of sp³-hybridized carbons (Fsp3) is 0. The van der Waals surface area contributed by atoms with E-state index in [1.54, 1.807) is 12.1 Å². The van der Waals surface area contributed by atoms with Gasteiger partial charge in [-0.2, -0.15) is 8.42 Å². The third-order valence-electron chi connectivity index (χ3n) is 1.62. The van der Waals surface area contributed by atoms with Crippen molar-refractivity contribution < 1.29 is 12.6 Å². The Hall–Kier alpha value is -0.210. The summed E-state index contributed by atoms with van der Waals surface area (Å²) in [6.07, 6.45) is 0. The van der Waals surface area contributed by atoms with Crippen molar-refractivity contribution in [1.82, 2.24) is 9.97 Å². The molecule has 1 aromatic carbocycles. The van der Waals surface area contributed by atoms with Gasteiger partial charge in [0.2, 0.25) is 0 Å². The molecule has 0 aliphatic carbocycles. The van der Waals surface area contributed by atoms with Gasteiger partial charge in [-0.1, -0.05) is 0 Å². The topological polar surface area (TPSA) is 72.1 Å². The summed E-state index contributed by atoms with van der Waals surface area (Å²) in [5, 5.41) is 0.476. The molecule has 2 aromatic rings. The summed E-state index contributed by atoms with van der Waals surface area (Å²) in [5.41, 5.74) is 1.40. The molecule has 0 fully saturated rings. The SMILES string of the molecule is O=[SH](=O)Oc1ccc2[nH]c(S)nc2c1.[NaH]. The summed E-state index contributed by atoms with van der Waals surface area (Å²) in [4.78, 5) is 6.90. The molecule has 0 spiro atoms. The molecule has 8 heteroatoms. The van der Waals surface area contributed by atoms with Crippen LogP contribution in [-0.4, -0.2) is 47.9 Å². The molecule has 0 saturated carbocycles. The standard InChI is InChI=1S/C7H6N2O3S2.Na.H/c10-14(11)12-4-1-2-5-6(3-4)9-7(13)8-5;;/h1-3,14H,(H2,8,9,13);;. The molecule has 1 N–H and O–H groups in total. The number of fused-ring (bicyclic) bond motifs is 1. The summed E-state index contributed by atoms with van der Waals surface area (Å²) < 4.78 is 25.1. The Morgan fingerprint density at radius 2 is 2.13 bits per heavy atom. The van der Waals surface area contributed by atoms with Crippen molar-refractivity contribution in [2.24, 2.45) is 0 Å². The third-order valence-corrected chi connectivity index (χ3v) is 2.19. The van der Waals surface area contributed by atoms with Crippen molar-refractivity contribution in [1.29, 1.82) is 0 Å². The number of nitrogens with zero attached hydrogens (tertiary/aromatic N) is 1. The first-order valence-electron chi connectivity index (χ1n) is 3.66. The summed E-state index contributed by atoms with van der Waals surface area (Å²) >= 11 is 4.02. The average Bonchev–Trinajstić information content (AvgIpc) is 2.42. The Labute approximate surface area is 115 Å². The summed E-state index contributed by atoms with van der Waals surface area (Å²) in [5.74, 6) is 0.244. The van der Waals surface area contributed by atoms with Gasteiger partial charge in [0.25, 0.3) is 11.0 Å². The third kappa shape index (κ3) is 3.12. The van der Waals surface area contributed by atoms with Gasteiger partial charge in [-0.05, 0) is 12.1 Å². The molecule has 0 bridgehead atoms. The summed E-state index contributed by atoms with van der Waals surface area (Å²) in [6.45, 7) is 0. The van der Waals surface area contributed by atoms with Gasteiger partial charge in [0.15, 0.2) is 5.16 Å². The Balaban J connectivity index is 0.00000112. The molecule has 0 atom stereocenters. The first-order valence-corrected chi connectivity index (χ1v) is 5.20. The number of H-pyrrole nitrogens is 1. The average molecular weight is 254 g/mol. The van der Waals surface area contributed by atoms with E-state index >= 15 is 0 Å². The second-order valence-electron chi connectivity index (χ2n) is 2.55. The quantitative estimate of drug-likeness (QED) is 0.525. The molecule has 76 valence electrons. The first-order chi connectivity index (χ1) is 6.65. The van der Waals surface area contributed by atoms with E-state index < -0.39 is 11.0 Å². The van der Waals surface area contributed by atoms with Gasteiger partial charge in [0.1, 0.15) is 5.75 Å². The zero-order valence-corrected chi connectivity index (χ0v) is 8.59. The Morgan fingerprint density at radius 1 is 1.40 bits per heavy atom. The molecule has 5 nitrogen and oxygen atoms in total. The second kappa shape index (κ2) is 5.22. The van der Waals surface area contributed by atoms with Crippen LogP contribution in [0.3, 0.4) is 0 Å². The number of rotatable bonds is 2. The maximum atomic E-state index is 10.3. The van der Waals surface area contributed by atoms with Crippen LogP contribution in [0.25, 0.3) is 11.0 Å². The maximum absolute atomic E-state index is 10.3. The van der Waals surface area contributed by atoms with E-state index in [1.807, 2.05) is 0 Å². The van der Waals surface area contributed by atoms with Gasteiger partial charge in [0, 0.05) is 6.07 Å². The van der Waals surface area contributed by atoms with Crippen LogP contribution in [0.1, 0.15) is 0 Å². The van der Waals surface area contributed by atoms with Gasteiger partial charge < -0.3 is 9.17 Å². The van der Waals surface area contributed by atoms with Crippen LogP contribution in [0, 0.1) is 0 Å². The molecule has 0 amide bonds. The van der Waals surface area contributed by atoms with Crippen molar-refractivity contribution in [2.45, 2.75) is 5.16 Å². The number of hydrogen-bond acceptors (Lipinski definition) is 5. The number of nitrogens with one attached hydrogen (secondary N) is 1. The van der Waals surface area contributed by atoms with Crippen molar-refractivity contribution >= 4 is 64.2 Å². The molecule has 1 aromatic heterocycles. The van der Waals surface area contributed by atoms with E-state index in [2.05, 4.69) is 26.8 Å². The van der Waals surface area contributed by atoms with E-state index in [0.29, 0.717) is 10.7 Å². The number of hydrogen-bond donors (Lipinski definition) is 3. The number of thiol groups is 2. The van der Waals surface area contributed by atoms with Gasteiger partial charge >= 0.3 is 29.6 Å². The fourth-order valence-corrected chi connectivity index (χ4v) is 1.63. The zero-order valence-electron chi connectivity index (χ0n) is 6.80. The second-order valence-corrected chi connectivity index (χ2v) is 3.61. The summed E-state index contributed by atoms with van der Waals surface area (Å²) in [7, 11) is -2.88. The van der Waals surface area contributed by atoms with Crippen molar-refractivity contribution in [2.75, 3.05) is 0 Å². The summed E-state index contributed by atoms with van der Waals surface area (Å²) in [6, 6.07) is 4.74. The van der Waals surface area contributed by atoms with E-state index in [9.17, 15) is 8.42 Å². The number of benzene rings is 1. The number of imidazole rings is 1. The molecule has 2 rings (SSSR count). The first kappa shape index (κ1) is 12.9. The molecule has 0 saturated heterocycles. The predicted octanol–water partition coefficient (Wildman–Crippen LogP) is 0.108. The molecular weight excluding hydrogens is 247 g/mol. The van der Waals surface area contributed by atoms with Crippen LogP contribution in [0.2, 0.25) is 0 Å². The van der Waals surface area contributed by atoms with Gasteiger partial charge in [-0.15, -0.1) is 12.6 Å².